The number of nitrogens with one attached hydrogen (secondary N) is 1. The number of ether oxygens (including phenoxy) is 1. The van der Waals surface area contributed by atoms with E-state index in [1.807, 2.05) is 0 Å². The largest absolute Gasteiger partial charge is 0.374 e. The van der Waals surface area contributed by atoms with Crippen LogP contribution in [0.1, 0.15) is 56.6 Å². The summed E-state index contributed by atoms with van der Waals surface area (Å²) < 4.78 is 5.82. The van der Waals surface area contributed by atoms with Gasteiger partial charge in [-0.05, 0) is 43.4 Å². The molecule has 2 fully saturated rings. The van der Waals surface area contributed by atoms with Gasteiger partial charge >= 0.3 is 0 Å². The third-order valence-corrected chi connectivity index (χ3v) is 4.91. The second-order valence-electron chi connectivity index (χ2n) is 6.48. The molecule has 1 aliphatic carbocycles. The van der Waals surface area contributed by atoms with Crippen molar-refractivity contribution in [3.63, 3.8) is 0 Å². The lowest BCUT2D eigenvalue weighted by molar-refractivity contribution is 0.112. The van der Waals surface area contributed by atoms with Crippen LogP contribution in [0.3, 0.4) is 0 Å². The second kappa shape index (κ2) is 6.21. The van der Waals surface area contributed by atoms with Crippen molar-refractivity contribution in [2.75, 3.05) is 11.9 Å². The smallest absolute Gasteiger partial charge is 0.137 e. The molecule has 4 rings (SSSR count). The zero-order chi connectivity index (χ0) is 14.8. The minimum Gasteiger partial charge on any atom is -0.374 e. The van der Waals surface area contributed by atoms with Crippen LogP contribution >= 0.6 is 0 Å². The summed E-state index contributed by atoms with van der Waals surface area (Å²) in [5.74, 6) is 0.983. The number of fused-ring (bicyclic) bond motifs is 1. The number of aromatic nitrogens is 2. The summed E-state index contributed by atoms with van der Waals surface area (Å²) in [5, 5.41) is 4.78. The Balaban J connectivity index is 1.65. The summed E-state index contributed by atoms with van der Waals surface area (Å²) in [6.07, 6.45) is 10.7. The maximum atomic E-state index is 5.82. The summed E-state index contributed by atoms with van der Waals surface area (Å²) in [4.78, 5) is 8.92. The third kappa shape index (κ3) is 2.80. The van der Waals surface area contributed by atoms with Gasteiger partial charge in [0.15, 0.2) is 0 Å². The van der Waals surface area contributed by atoms with E-state index >= 15 is 0 Å². The molecule has 1 atom stereocenters. The van der Waals surface area contributed by atoms with E-state index in [0.29, 0.717) is 6.04 Å². The molecule has 116 valence electrons. The first-order valence-corrected chi connectivity index (χ1v) is 8.53. The molecule has 1 saturated heterocycles. The van der Waals surface area contributed by atoms with Crippen molar-refractivity contribution in [3.05, 3.63) is 30.1 Å². The van der Waals surface area contributed by atoms with Gasteiger partial charge in [0.2, 0.25) is 0 Å². The molecule has 1 saturated carbocycles. The molecule has 0 amide bonds. The molecule has 1 N–H and O–H groups in total. The van der Waals surface area contributed by atoms with Crippen LogP contribution in [-0.4, -0.2) is 22.6 Å². The first-order chi connectivity index (χ1) is 10.9. The van der Waals surface area contributed by atoms with Crippen molar-refractivity contribution in [2.24, 2.45) is 0 Å². The molecule has 4 nitrogen and oxygen atoms in total. The normalized spacial score (nSPS) is 23.0. The van der Waals surface area contributed by atoms with Crippen molar-refractivity contribution in [1.29, 1.82) is 0 Å². The zero-order valence-corrected chi connectivity index (χ0v) is 12.9. The molecule has 1 unspecified atom stereocenters. The lowest BCUT2D eigenvalue weighted by atomic mass is 9.95. The monoisotopic (exact) mass is 297 g/mol. The Hall–Kier alpha value is -1.68. The van der Waals surface area contributed by atoms with Crippen molar-refractivity contribution < 1.29 is 4.74 Å². The van der Waals surface area contributed by atoms with Crippen LogP contribution in [0.25, 0.3) is 10.9 Å². The fourth-order valence-electron chi connectivity index (χ4n) is 3.67. The van der Waals surface area contributed by atoms with E-state index in [1.54, 1.807) is 6.33 Å². The molecule has 0 bridgehead atoms. The fourth-order valence-corrected chi connectivity index (χ4v) is 3.67. The Kier molecular flexibility index (Phi) is 3.94. The highest BCUT2D eigenvalue weighted by molar-refractivity contribution is 5.89. The average Bonchev–Trinajstić information content (AvgIpc) is 3.10. The van der Waals surface area contributed by atoms with Gasteiger partial charge in [-0.2, -0.15) is 0 Å². The lowest BCUT2D eigenvalue weighted by Gasteiger charge is -2.24. The molecule has 2 heterocycles. The van der Waals surface area contributed by atoms with E-state index in [2.05, 4.69) is 33.5 Å². The SMILES string of the molecule is c1nc(NC2CCCCC2)c2cc(C3CCCO3)ccc2n1. The van der Waals surface area contributed by atoms with Crippen LogP contribution in [0.15, 0.2) is 24.5 Å². The zero-order valence-electron chi connectivity index (χ0n) is 12.9. The van der Waals surface area contributed by atoms with Gasteiger partial charge in [0.05, 0.1) is 11.6 Å². The Bertz CT molecular complexity index is 646. The first kappa shape index (κ1) is 13.9. The van der Waals surface area contributed by atoms with E-state index in [-0.39, 0.29) is 6.10 Å². The standard InChI is InChI=1S/C18H23N3O/c1-2-5-14(6-3-1)21-18-15-11-13(17-7-4-10-22-17)8-9-16(15)19-12-20-18/h8-9,11-12,14,17H,1-7,10H2,(H,19,20,21). The van der Waals surface area contributed by atoms with Gasteiger partial charge < -0.3 is 10.1 Å². The van der Waals surface area contributed by atoms with E-state index in [1.165, 1.54) is 37.7 Å². The van der Waals surface area contributed by atoms with Gasteiger partial charge in [-0.3, -0.25) is 0 Å². The van der Waals surface area contributed by atoms with Crippen LogP contribution in [0.5, 0.6) is 0 Å². The van der Waals surface area contributed by atoms with Gasteiger partial charge in [-0.15, -0.1) is 0 Å². The first-order valence-electron chi connectivity index (χ1n) is 8.53. The predicted molar refractivity (Wildman–Crippen MR) is 88.0 cm³/mol. The number of benzene rings is 1. The van der Waals surface area contributed by atoms with Crippen molar-refractivity contribution in [3.8, 4) is 0 Å². The molecule has 0 spiro atoms. The topological polar surface area (TPSA) is 47.0 Å². The molecule has 1 aliphatic heterocycles. The molecule has 1 aromatic carbocycles. The molecule has 2 aromatic rings. The van der Waals surface area contributed by atoms with Gasteiger partial charge in [0.1, 0.15) is 12.1 Å². The average molecular weight is 297 g/mol. The molecule has 0 radical (unpaired) electrons. The quantitative estimate of drug-likeness (QED) is 0.921. The summed E-state index contributed by atoms with van der Waals surface area (Å²) in [5.41, 5.74) is 2.27. The van der Waals surface area contributed by atoms with Crippen molar-refractivity contribution >= 4 is 16.7 Å². The highest BCUT2D eigenvalue weighted by Crippen LogP contribution is 2.32. The van der Waals surface area contributed by atoms with E-state index < -0.39 is 0 Å². The summed E-state index contributed by atoms with van der Waals surface area (Å²) >= 11 is 0. The molecule has 22 heavy (non-hydrogen) atoms. The number of nitrogens with zero attached hydrogens (tertiary/aromatic N) is 2. The van der Waals surface area contributed by atoms with E-state index in [4.69, 9.17) is 4.74 Å². The van der Waals surface area contributed by atoms with Gasteiger partial charge in [0, 0.05) is 18.0 Å². The number of anilines is 1. The predicted octanol–water partition coefficient (Wildman–Crippen LogP) is 4.23. The minimum absolute atomic E-state index is 0.243. The summed E-state index contributed by atoms with van der Waals surface area (Å²) in [6, 6.07) is 7.02. The van der Waals surface area contributed by atoms with Gasteiger partial charge in [-0.1, -0.05) is 25.3 Å². The molecule has 2 aliphatic rings. The molecule has 1 aromatic heterocycles. The summed E-state index contributed by atoms with van der Waals surface area (Å²) in [7, 11) is 0. The van der Waals surface area contributed by atoms with Crippen LogP contribution in [0.2, 0.25) is 0 Å². The van der Waals surface area contributed by atoms with Crippen LogP contribution in [0, 0.1) is 0 Å². The Morgan fingerprint density at radius 3 is 2.73 bits per heavy atom. The van der Waals surface area contributed by atoms with Crippen LogP contribution in [-0.2, 0) is 4.74 Å². The molecular formula is C18H23N3O. The maximum absolute atomic E-state index is 5.82. The van der Waals surface area contributed by atoms with E-state index in [0.717, 1.165) is 36.2 Å². The van der Waals surface area contributed by atoms with Crippen LogP contribution < -0.4 is 5.32 Å². The molecule has 4 heteroatoms. The maximum Gasteiger partial charge on any atom is 0.137 e. The highest BCUT2D eigenvalue weighted by Gasteiger charge is 2.19. The van der Waals surface area contributed by atoms with E-state index in [9.17, 15) is 0 Å². The number of hydrogen-bond acceptors (Lipinski definition) is 4. The summed E-state index contributed by atoms with van der Waals surface area (Å²) in [6.45, 7) is 0.876. The Labute approximate surface area is 131 Å². The van der Waals surface area contributed by atoms with Gasteiger partial charge in [-0.25, -0.2) is 9.97 Å². The number of hydrogen-bond donors (Lipinski definition) is 1. The van der Waals surface area contributed by atoms with Crippen LogP contribution in [0.4, 0.5) is 5.82 Å². The third-order valence-electron chi connectivity index (χ3n) is 4.91. The lowest BCUT2D eigenvalue weighted by Crippen LogP contribution is -2.23. The Morgan fingerprint density at radius 1 is 1.00 bits per heavy atom. The highest BCUT2D eigenvalue weighted by atomic mass is 16.5. The van der Waals surface area contributed by atoms with Crippen molar-refractivity contribution in [2.45, 2.75) is 57.1 Å². The van der Waals surface area contributed by atoms with Gasteiger partial charge in [0.25, 0.3) is 0 Å². The van der Waals surface area contributed by atoms with Crippen molar-refractivity contribution in [1.82, 2.24) is 9.97 Å². The second-order valence-corrected chi connectivity index (χ2v) is 6.48. The Morgan fingerprint density at radius 2 is 1.91 bits per heavy atom. The number of rotatable bonds is 3. The molecular weight excluding hydrogens is 274 g/mol. The fraction of sp³-hybridized carbons (Fsp3) is 0.556. The minimum atomic E-state index is 0.243.